The molecule has 0 bridgehead atoms. The molecule has 4 nitrogen and oxygen atoms in total. The van der Waals surface area contributed by atoms with E-state index < -0.39 is 6.10 Å². The Morgan fingerprint density at radius 1 is 1.00 bits per heavy atom. The zero-order valence-corrected chi connectivity index (χ0v) is 18.2. The van der Waals surface area contributed by atoms with Crippen molar-refractivity contribution in [2.45, 2.75) is 26.5 Å². The fraction of sp³-hybridized carbons (Fsp3) is 0.154. The van der Waals surface area contributed by atoms with Gasteiger partial charge in [0.2, 0.25) is 0 Å². The minimum Gasteiger partial charge on any atom is -0.479 e. The molecule has 31 heavy (non-hydrogen) atoms. The van der Waals surface area contributed by atoms with Crippen molar-refractivity contribution in [3.63, 3.8) is 0 Å². The maximum absolute atomic E-state index is 13.0. The van der Waals surface area contributed by atoms with Gasteiger partial charge in [0.05, 0.1) is 17.9 Å². The quantitative estimate of drug-likeness (QED) is 0.396. The fourth-order valence-electron chi connectivity index (χ4n) is 3.81. The number of aromatic nitrogens is 1. The lowest BCUT2D eigenvalue weighted by Crippen LogP contribution is -2.44. The van der Waals surface area contributed by atoms with Gasteiger partial charge in [0.1, 0.15) is 10.8 Å². The largest absolute Gasteiger partial charge is 0.479 e. The zero-order chi connectivity index (χ0) is 21.4. The van der Waals surface area contributed by atoms with Crippen molar-refractivity contribution < 1.29 is 9.53 Å². The number of nitrogens with zero attached hydrogens (tertiary/aromatic N) is 2. The van der Waals surface area contributed by atoms with Gasteiger partial charge in [-0.2, -0.15) is 0 Å². The number of carbonyl (C=O) groups is 1. The van der Waals surface area contributed by atoms with Crippen molar-refractivity contribution in [2.24, 2.45) is 0 Å². The summed E-state index contributed by atoms with van der Waals surface area (Å²) in [6.07, 6.45) is -0.508. The molecule has 4 aromatic rings. The maximum atomic E-state index is 13.0. The number of ether oxygens (including phenoxy) is 1. The molecule has 5 heteroatoms. The second kappa shape index (κ2) is 8.00. The van der Waals surface area contributed by atoms with Crippen LogP contribution in [0.3, 0.4) is 0 Å². The molecule has 0 saturated carbocycles. The molecule has 0 radical (unpaired) electrons. The van der Waals surface area contributed by atoms with Gasteiger partial charge in [-0.25, -0.2) is 4.98 Å². The molecular formula is C26H22N2O2S. The van der Waals surface area contributed by atoms with Crippen LogP contribution in [0.2, 0.25) is 0 Å². The van der Waals surface area contributed by atoms with Crippen molar-refractivity contribution in [2.75, 3.05) is 4.90 Å². The number of amides is 1. The lowest BCUT2D eigenvalue weighted by molar-refractivity contribution is -0.125. The van der Waals surface area contributed by atoms with Crippen LogP contribution in [0.5, 0.6) is 5.75 Å². The first-order chi connectivity index (χ1) is 15.1. The number of hydrogen-bond donors (Lipinski definition) is 0. The van der Waals surface area contributed by atoms with Crippen LogP contribution in [0.4, 0.5) is 5.69 Å². The minimum atomic E-state index is -0.508. The number of hydrogen-bond acceptors (Lipinski definition) is 4. The van der Waals surface area contributed by atoms with Crippen LogP contribution in [0, 0.1) is 6.92 Å². The second-order valence-corrected chi connectivity index (χ2v) is 8.56. The smallest absolute Gasteiger partial charge is 0.268 e. The van der Waals surface area contributed by atoms with Gasteiger partial charge in [0.25, 0.3) is 5.91 Å². The summed E-state index contributed by atoms with van der Waals surface area (Å²) in [6.45, 7) is 4.39. The van der Waals surface area contributed by atoms with Gasteiger partial charge < -0.3 is 9.64 Å². The summed E-state index contributed by atoms with van der Waals surface area (Å²) in [5.41, 5.74) is 6.05. The van der Waals surface area contributed by atoms with Gasteiger partial charge in [0.15, 0.2) is 6.10 Å². The standard InChI is InChI=1S/C26H22N2O2S/c1-17-8-6-7-11-21(17)15-28-23-14-20(12-13-24(23)30-18(2)26(28)29)22-16-31-25(27-22)19-9-4-3-5-10-19/h3-14,16,18H,15H2,1-2H3. The highest BCUT2D eigenvalue weighted by Crippen LogP contribution is 2.39. The third-order valence-corrected chi connectivity index (χ3v) is 6.47. The molecule has 0 saturated heterocycles. The molecule has 0 spiro atoms. The summed E-state index contributed by atoms with van der Waals surface area (Å²) in [4.78, 5) is 19.7. The van der Waals surface area contributed by atoms with Crippen molar-refractivity contribution in [3.8, 4) is 27.6 Å². The van der Waals surface area contributed by atoms with E-state index in [9.17, 15) is 4.79 Å². The molecule has 154 valence electrons. The summed E-state index contributed by atoms with van der Waals surface area (Å²) in [6, 6.07) is 24.3. The van der Waals surface area contributed by atoms with E-state index in [0.29, 0.717) is 6.54 Å². The molecule has 1 aromatic heterocycles. The topological polar surface area (TPSA) is 42.4 Å². The van der Waals surface area contributed by atoms with Gasteiger partial charge in [-0.3, -0.25) is 4.79 Å². The normalized spacial score (nSPS) is 15.5. The third-order valence-electron chi connectivity index (χ3n) is 5.58. The molecule has 0 N–H and O–H groups in total. The predicted octanol–water partition coefficient (Wildman–Crippen LogP) is 6.10. The molecule has 2 heterocycles. The molecular weight excluding hydrogens is 404 g/mol. The van der Waals surface area contributed by atoms with E-state index in [1.54, 1.807) is 18.3 Å². The summed E-state index contributed by atoms with van der Waals surface area (Å²) in [7, 11) is 0. The van der Waals surface area contributed by atoms with E-state index in [4.69, 9.17) is 9.72 Å². The van der Waals surface area contributed by atoms with Crippen molar-refractivity contribution in [3.05, 3.63) is 89.3 Å². The Kier molecular flexibility index (Phi) is 5.04. The first kappa shape index (κ1) is 19.5. The highest BCUT2D eigenvalue weighted by atomic mass is 32.1. The highest BCUT2D eigenvalue weighted by molar-refractivity contribution is 7.13. The fourth-order valence-corrected chi connectivity index (χ4v) is 4.64. The van der Waals surface area contributed by atoms with Gasteiger partial charge >= 0.3 is 0 Å². The van der Waals surface area contributed by atoms with Crippen LogP contribution in [0.1, 0.15) is 18.1 Å². The van der Waals surface area contributed by atoms with E-state index in [1.807, 2.05) is 53.4 Å². The molecule has 0 fully saturated rings. The molecule has 5 rings (SSSR count). The summed E-state index contributed by atoms with van der Waals surface area (Å²) >= 11 is 1.62. The van der Waals surface area contributed by atoms with Crippen LogP contribution < -0.4 is 9.64 Å². The van der Waals surface area contributed by atoms with Gasteiger partial charge in [0, 0.05) is 16.5 Å². The number of aryl methyl sites for hydroxylation is 1. The Balaban J connectivity index is 1.53. The van der Waals surface area contributed by atoms with E-state index in [0.717, 1.165) is 38.8 Å². The predicted molar refractivity (Wildman–Crippen MR) is 125 cm³/mol. The van der Waals surface area contributed by atoms with Crippen LogP contribution in [0.25, 0.3) is 21.8 Å². The van der Waals surface area contributed by atoms with Crippen molar-refractivity contribution >= 4 is 22.9 Å². The van der Waals surface area contributed by atoms with Gasteiger partial charge in [-0.1, -0.05) is 54.6 Å². The van der Waals surface area contributed by atoms with Crippen LogP contribution in [-0.2, 0) is 11.3 Å². The van der Waals surface area contributed by atoms with Crippen molar-refractivity contribution in [1.82, 2.24) is 4.98 Å². The Labute approximate surface area is 185 Å². The van der Waals surface area contributed by atoms with E-state index in [2.05, 4.69) is 36.6 Å². The molecule has 1 atom stereocenters. The second-order valence-electron chi connectivity index (χ2n) is 7.70. The Morgan fingerprint density at radius 3 is 2.58 bits per heavy atom. The number of thiazole rings is 1. The highest BCUT2D eigenvalue weighted by Gasteiger charge is 2.32. The Morgan fingerprint density at radius 2 is 1.77 bits per heavy atom. The first-order valence-corrected chi connectivity index (χ1v) is 11.2. The Hall–Kier alpha value is -3.44. The van der Waals surface area contributed by atoms with Gasteiger partial charge in [-0.05, 0) is 43.2 Å². The number of fused-ring (bicyclic) bond motifs is 1. The average Bonchev–Trinajstić information content (AvgIpc) is 3.29. The van der Waals surface area contributed by atoms with E-state index >= 15 is 0 Å². The van der Waals surface area contributed by atoms with Crippen molar-refractivity contribution in [1.29, 1.82) is 0 Å². The molecule has 1 aliphatic heterocycles. The van der Waals surface area contributed by atoms with Crippen LogP contribution in [-0.4, -0.2) is 17.0 Å². The molecule has 1 unspecified atom stereocenters. The van der Waals surface area contributed by atoms with Gasteiger partial charge in [-0.15, -0.1) is 11.3 Å². The summed E-state index contributed by atoms with van der Waals surface area (Å²) in [5, 5.41) is 3.04. The molecule has 1 aliphatic rings. The zero-order valence-electron chi connectivity index (χ0n) is 17.4. The maximum Gasteiger partial charge on any atom is 0.268 e. The Bertz CT molecular complexity index is 1250. The lowest BCUT2D eigenvalue weighted by Gasteiger charge is -2.33. The molecule has 0 aliphatic carbocycles. The average molecular weight is 427 g/mol. The summed E-state index contributed by atoms with van der Waals surface area (Å²) in [5.74, 6) is 0.694. The molecule has 1 amide bonds. The summed E-state index contributed by atoms with van der Waals surface area (Å²) < 4.78 is 5.90. The minimum absolute atomic E-state index is 0.0313. The number of rotatable bonds is 4. The van der Waals surface area contributed by atoms with Crippen LogP contribution >= 0.6 is 11.3 Å². The van der Waals surface area contributed by atoms with E-state index in [-0.39, 0.29) is 5.91 Å². The number of carbonyl (C=O) groups excluding carboxylic acids is 1. The van der Waals surface area contributed by atoms with Crippen LogP contribution in [0.15, 0.2) is 78.2 Å². The first-order valence-electron chi connectivity index (χ1n) is 10.3. The number of anilines is 1. The van der Waals surface area contributed by atoms with E-state index in [1.165, 1.54) is 5.56 Å². The third kappa shape index (κ3) is 3.73. The molecule has 3 aromatic carbocycles. The lowest BCUT2D eigenvalue weighted by atomic mass is 10.0. The SMILES string of the molecule is Cc1ccccc1CN1C(=O)C(C)Oc2ccc(-c3csc(-c4ccccc4)n3)cc21. The monoisotopic (exact) mass is 426 g/mol. The number of benzene rings is 3.